The Morgan fingerprint density at radius 3 is 1.92 bits per heavy atom. The van der Waals surface area contributed by atoms with Crippen LogP contribution in [0, 0.1) is 0 Å². The second-order valence-corrected chi connectivity index (χ2v) is 6.60. The Morgan fingerprint density at radius 1 is 0.680 bits per heavy atom. The largest absolute Gasteiger partial charge is 0.481 e. The van der Waals surface area contributed by atoms with Crippen LogP contribution in [0.25, 0.3) is 43.1 Å². The van der Waals surface area contributed by atoms with Gasteiger partial charge in [-0.3, -0.25) is 4.79 Å². The minimum Gasteiger partial charge on any atom is -0.481 e. The molecule has 2 nitrogen and oxygen atoms in total. The summed E-state index contributed by atoms with van der Waals surface area (Å²) in [4.78, 5) is 11.0. The van der Waals surface area contributed by atoms with Crippen molar-refractivity contribution in [3.05, 3.63) is 72.3 Å². The number of carboxylic acids is 1. The molecule has 0 atom stereocenters. The quantitative estimate of drug-likeness (QED) is 0.339. The number of hydrogen-bond donors (Lipinski definition) is 1. The van der Waals surface area contributed by atoms with Crippen LogP contribution in [0.5, 0.6) is 0 Å². The molecule has 0 aliphatic rings. The zero-order valence-electron chi connectivity index (χ0n) is 13.6. The first-order valence-corrected chi connectivity index (χ1v) is 8.53. The molecule has 0 saturated carbocycles. The van der Waals surface area contributed by atoms with Crippen molar-refractivity contribution in [1.82, 2.24) is 0 Å². The minimum atomic E-state index is -0.754. The maximum atomic E-state index is 11.0. The number of benzene rings is 5. The Bertz CT molecular complexity index is 1220. The smallest absolute Gasteiger partial charge is 0.303 e. The monoisotopic (exact) mass is 324 g/mol. The molecule has 25 heavy (non-hydrogen) atoms. The molecule has 5 aromatic rings. The predicted octanol–water partition coefficient (Wildman–Crippen LogP) is 5.75. The molecule has 0 radical (unpaired) electrons. The Labute approximate surface area is 144 Å². The summed E-state index contributed by atoms with van der Waals surface area (Å²) in [5.74, 6) is -0.754. The first kappa shape index (κ1) is 14.2. The van der Waals surface area contributed by atoms with Gasteiger partial charge in [0.2, 0.25) is 0 Å². The van der Waals surface area contributed by atoms with Crippen molar-refractivity contribution in [1.29, 1.82) is 0 Å². The summed E-state index contributed by atoms with van der Waals surface area (Å²) in [5.41, 5.74) is 1.11. The second-order valence-electron chi connectivity index (χ2n) is 6.60. The van der Waals surface area contributed by atoms with Gasteiger partial charge in [-0.1, -0.05) is 66.7 Å². The molecule has 0 aliphatic carbocycles. The third-order valence-corrected chi connectivity index (χ3v) is 5.22. The summed E-state index contributed by atoms with van der Waals surface area (Å²) in [5, 5.41) is 19.0. The fourth-order valence-electron chi connectivity index (χ4n) is 4.17. The molecule has 0 amide bonds. The first-order chi connectivity index (χ1) is 12.2. The van der Waals surface area contributed by atoms with Crippen LogP contribution in [0.2, 0.25) is 0 Å². The fourth-order valence-corrected chi connectivity index (χ4v) is 4.17. The molecule has 0 bridgehead atoms. The molecule has 0 aromatic heterocycles. The first-order valence-electron chi connectivity index (χ1n) is 8.53. The topological polar surface area (TPSA) is 37.3 Å². The lowest BCUT2D eigenvalue weighted by Gasteiger charge is -2.16. The lowest BCUT2D eigenvalue weighted by atomic mass is 9.88. The molecule has 0 spiro atoms. The van der Waals surface area contributed by atoms with E-state index in [0.717, 1.165) is 5.56 Å². The number of carboxylic acid groups (broad SMARTS) is 1. The van der Waals surface area contributed by atoms with Gasteiger partial charge in [0.05, 0.1) is 0 Å². The summed E-state index contributed by atoms with van der Waals surface area (Å²) in [6, 6.07) is 23.6. The van der Waals surface area contributed by atoms with Gasteiger partial charge in [0.25, 0.3) is 0 Å². The fraction of sp³-hybridized carbons (Fsp3) is 0.0870. The highest BCUT2D eigenvalue weighted by atomic mass is 16.4. The average molecular weight is 324 g/mol. The lowest BCUT2D eigenvalue weighted by Crippen LogP contribution is -1.98. The van der Waals surface area contributed by atoms with Crippen molar-refractivity contribution < 1.29 is 9.90 Å². The zero-order chi connectivity index (χ0) is 17.0. The maximum Gasteiger partial charge on any atom is 0.303 e. The highest BCUT2D eigenvalue weighted by Crippen LogP contribution is 2.40. The molecule has 0 saturated heterocycles. The molecule has 5 aromatic carbocycles. The number of hydrogen-bond acceptors (Lipinski definition) is 1. The minimum absolute atomic E-state index is 0.158. The summed E-state index contributed by atoms with van der Waals surface area (Å²) in [6.45, 7) is 0. The van der Waals surface area contributed by atoms with E-state index < -0.39 is 5.97 Å². The van der Waals surface area contributed by atoms with Gasteiger partial charge < -0.3 is 5.11 Å². The van der Waals surface area contributed by atoms with E-state index in [0.29, 0.717) is 6.42 Å². The molecule has 0 unspecified atom stereocenters. The summed E-state index contributed by atoms with van der Waals surface area (Å²) in [6.07, 6.45) is 0.715. The summed E-state index contributed by atoms with van der Waals surface area (Å²) < 4.78 is 0. The van der Waals surface area contributed by atoms with E-state index in [-0.39, 0.29) is 6.42 Å². The van der Waals surface area contributed by atoms with E-state index in [9.17, 15) is 4.79 Å². The van der Waals surface area contributed by atoms with Gasteiger partial charge in [0, 0.05) is 6.42 Å². The van der Waals surface area contributed by atoms with Crippen molar-refractivity contribution in [3.8, 4) is 0 Å². The molecule has 120 valence electrons. The van der Waals surface area contributed by atoms with Crippen LogP contribution >= 0.6 is 0 Å². The van der Waals surface area contributed by atoms with Crippen LogP contribution in [0.15, 0.2) is 66.7 Å². The normalized spacial score (nSPS) is 11.8. The van der Waals surface area contributed by atoms with Crippen LogP contribution in [0.4, 0.5) is 0 Å². The standard InChI is InChI=1S/C23H16O2/c24-21(25)13-11-14-10-12-20-18-8-2-5-15-4-1-7-17(22(15)18)19-9-3-6-16(14)23(19)20/h1-10,12H,11,13H2,(H,24,25). The third-order valence-electron chi connectivity index (χ3n) is 5.22. The van der Waals surface area contributed by atoms with E-state index in [1.165, 1.54) is 43.1 Å². The Kier molecular flexibility index (Phi) is 2.95. The van der Waals surface area contributed by atoms with Gasteiger partial charge in [-0.2, -0.15) is 0 Å². The van der Waals surface area contributed by atoms with Crippen LogP contribution in [0.1, 0.15) is 12.0 Å². The summed E-state index contributed by atoms with van der Waals surface area (Å²) >= 11 is 0. The number of carbonyl (C=O) groups is 1. The molecule has 0 fully saturated rings. The van der Waals surface area contributed by atoms with E-state index in [1.54, 1.807) is 0 Å². The van der Waals surface area contributed by atoms with Gasteiger partial charge >= 0.3 is 5.97 Å². The molecule has 5 rings (SSSR count). The Balaban J connectivity index is 1.97. The Hall–Kier alpha value is -3.13. The van der Waals surface area contributed by atoms with Gasteiger partial charge in [0.1, 0.15) is 0 Å². The molecular formula is C23H16O2. The van der Waals surface area contributed by atoms with Crippen molar-refractivity contribution in [3.63, 3.8) is 0 Å². The molecule has 0 heterocycles. The van der Waals surface area contributed by atoms with Crippen molar-refractivity contribution in [2.24, 2.45) is 0 Å². The van der Waals surface area contributed by atoms with E-state index in [4.69, 9.17) is 5.11 Å². The highest BCUT2D eigenvalue weighted by Gasteiger charge is 2.14. The van der Waals surface area contributed by atoms with Gasteiger partial charge in [-0.05, 0) is 55.1 Å². The Morgan fingerprint density at radius 2 is 1.24 bits per heavy atom. The molecular weight excluding hydrogens is 308 g/mol. The second kappa shape index (κ2) is 5.18. The highest BCUT2D eigenvalue weighted by molar-refractivity contribution is 6.33. The summed E-state index contributed by atoms with van der Waals surface area (Å²) in [7, 11) is 0. The number of aliphatic carboxylic acids is 1. The van der Waals surface area contributed by atoms with Crippen molar-refractivity contribution in [2.45, 2.75) is 12.8 Å². The van der Waals surface area contributed by atoms with Crippen LogP contribution < -0.4 is 0 Å². The number of rotatable bonds is 3. The number of fused-ring (bicyclic) bond motifs is 2. The molecule has 2 heteroatoms. The van der Waals surface area contributed by atoms with Crippen molar-refractivity contribution in [2.75, 3.05) is 0 Å². The van der Waals surface area contributed by atoms with Gasteiger partial charge in [-0.15, -0.1) is 0 Å². The molecule has 0 aliphatic heterocycles. The van der Waals surface area contributed by atoms with Gasteiger partial charge in [-0.25, -0.2) is 0 Å². The lowest BCUT2D eigenvalue weighted by molar-refractivity contribution is -0.136. The van der Waals surface area contributed by atoms with Crippen molar-refractivity contribution >= 4 is 49.1 Å². The average Bonchev–Trinajstić information content (AvgIpc) is 2.64. The SMILES string of the molecule is O=C(O)CCc1ccc2c3cccc4cccc(c5cccc1c52)c43. The number of aryl methyl sites for hydroxylation is 1. The van der Waals surface area contributed by atoms with Crippen LogP contribution in [-0.4, -0.2) is 11.1 Å². The predicted molar refractivity (Wildman–Crippen MR) is 104 cm³/mol. The third kappa shape index (κ3) is 2.01. The van der Waals surface area contributed by atoms with Crippen LogP contribution in [-0.2, 0) is 11.2 Å². The zero-order valence-corrected chi connectivity index (χ0v) is 13.6. The van der Waals surface area contributed by atoms with E-state index >= 15 is 0 Å². The van der Waals surface area contributed by atoms with Gasteiger partial charge in [0.15, 0.2) is 0 Å². The molecule has 1 N–H and O–H groups in total. The van der Waals surface area contributed by atoms with Crippen LogP contribution in [0.3, 0.4) is 0 Å². The van der Waals surface area contributed by atoms with E-state index in [2.05, 4.69) is 66.7 Å². The van der Waals surface area contributed by atoms with E-state index in [1.807, 2.05) is 0 Å². The maximum absolute atomic E-state index is 11.0.